The number of rotatable bonds is 9. The van der Waals surface area contributed by atoms with Crippen LogP contribution in [0.4, 0.5) is 13.2 Å². The summed E-state index contributed by atoms with van der Waals surface area (Å²) in [4.78, 5) is 16.4. The summed E-state index contributed by atoms with van der Waals surface area (Å²) in [6.07, 6.45) is -2.50. The molecule has 0 unspecified atom stereocenters. The number of likely N-dealkylation sites (N-methyl/N-ethyl adjacent to an activating group) is 1. The number of carbonyl (C=O) groups excluding carboxylic acids is 1. The van der Waals surface area contributed by atoms with Gasteiger partial charge in [-0.3, -0.25) is 4.79 Å². The van der Waals surface area contributed by atoms with E-state index in [2.05, 4.69) is 34.6 Å². The largest absolute Gasteiger partial charge is 0.406 e. The van der Waals surface area contributed by atoms with Crippen LogP contribution in [0.1, 0.15) is 51.0 Å². The summed E-state index contributed by atoms with van der Waals surface area (Å²) in [5.74, 6) is 0.543. The smallest absolute Gasteiger partial charge is 0.359 e. The number of aliphatic imine (C=N–C) groups is 1. The summed E-state index contributed by atoms with van der Waals surface area (Å²) in [5, 5.41) is 9.98. The van der Waals surface area contributed by atoms with Crippen molar-refractivity contribution < 1.29 is 22.5 Å². The fraction of sp³-hybridized carbons (Fsp3) is 0.706. The van der Waals surface area contributed by atoms with E-state index in [1.54, 1.807) is 0 Å². The van der Waals surface area contributed by atoms with Crippen LogP contribution in [0, 0.1) is 0 Å². The lowest BCUT2D eigenvalue weighted by Gasteiger charge is -2.18. The molecule has 0 radical (unpaired) electrons. The van der Waals surface area contributed by atoms with Gasteiger partial charge in [0.1, 0.15) is 13.1 Å². The Bertz CT molecular complexity index is 612. The molecule has 2 N–H and O–H groups in total. The van der Waals surface area contributed by atoms with Crippen molar-refractivity contribution in [3.63, 3.8) is 0 Å². The molecular formula is C17H28F3N5O2. The van der Waals surface area contributed by atoms with Gasteiger partial charge in [0.15, 0.2) is 11.7 Å². The third-order valence-electron chi connectivity index (χ3n) is 3.97. The van der Waals surface area contributed by atoms with Crippen LogP contribution in [0.5, 0.6) is 0 Å². The summed E-state index contributed by atoms with van der Waals surface area (Å²) in [7, 11) is 1.10. The molecule has 7 nitrogen and oxygen atoms in total. The van der Waals surface area contributed by atoms with Crippen LogP contribution >= 0.6 is 0 Å². The molecule has 27 heavy (non-hydrogen) atoms. The van der Waals surface area contributed by atoms with Gasteiger partial charge in [0.05, 0.1) is 12.2 Å². The third-order valence-corrected chi connectivity index (χ3v) is 3.97. The molecule has 10 heteroatoms. The molecule has 0 saturated carbocycles. The Hall–Kier alpha value is -2.26. The molecule has 0 fully saturated rings. The molecule has 154 valence electrons. The predicted octanol–water partition coefficient (Wildman–Crippen LogP) is 2.65. The number of hydrogen-bond donors (Lipinski definition) is 2. The van der Waals surface area contributed by atoms with Crippen molar-refractivity contribution in [3.05, 3.63) is 17.5 Å². The highest BCUT2D eigenvalue weighted by molar-refractivity contribution is 5.84. The Morgan fingerprint density at radius 2 is 1.96 bits per heavy atom. The fourth-order valence-electron chi connectivity index (χ4n) is 2.45. The normalized spacial score (nSPS) is 12.4. The summed E-state index contributed by atoms with van der Waals surface area (Å²) < 4.78 is 42.3. The van der Waals surface area contributed by atoms with Crippen LogP contribution < -0.4 is 10.6 Å². The van der Waals surface area contributed by atoms with E-state index in [-0.39, 0.29) is 0 Å². The van der Waals surface area contributed by atoms with E-state index in [1.807, 2.05) is 13.0 Å². The highest BCUT2D eigenvalue weighted by Gasteiger charge is 2.31. The van der Waals surface area contributed by atoms with Gasteiger partial charge in [-0.25, -0.2) is 4.99 Å². The molecule has 0 atom stereocenters. The SMILES string of the molecule is CCNC(=NCC(=O)N(C)CC(F)(F)F)NCc1cc(C(CC)CC)no1. The molecule has 0 aliphatic carbocycles. The van der Waals surface area contributed by atoms with Gasteiger partial charge in [-0.05, 0) is 19.8 Å². The van der Waals surface area contributed by atoms with Crippen molar-refractivity contribution in [2.24, 2.45) is 4.99 Å². The van der Waals surface area contributed by atoms with Crippen LogP contribution in [0.25, 0.3) is 0 Å². The number of hydrogen-bond acceptors (Lipinski definition) is 4. The fourth-order valence-corrected chi connectivity index (χ4v) is 2.45. The minimum absolute atomic E-state index is 0.297. The van der Waals surface area contributed by atoms with Gasteiger partial charge >= 0.3 is 6.18 Å². The Labute approximate surface area is 157 Å². The summed E-state index contributed by atoms with van der Waals surface area (Å²) in [6.45, 7) is 5.15. The second kappa shape index (κ2) is 10.8. The summed E-state index contributed by atoms with van der Waals surface area (Å²) in [6, 6.07) is 1.87. The first kappa shape index (κ1) is 22.8. The number of nitrogens with zero attached hydrogens (tertiary/aromatic N) is 3. The average molecular weight is 391 g/mol. The number of aromatic nitrogens is 1. The first-order chi connectivity index (χ1) is 12.7. The molecule has 0 spiro atoms. The van der Waals surface area contributed by atoms with Crippen molar-refractivity contribution in [2.75, 3.05) is 26.7 Å². The Kier molecular flexibility index (Phi) is 9.10. The lowest BCUT2D eigenvalue weighted by atomic mass is 9.99. The van der Waals surface area contributed by atoms with Crippen LogP contribution in [-0.2, 0) is 11.3 Å². The van der Waals surface area contributed by atoms with Gasteiger partial charge in [0, 0.05) is 25.6 Å². The molecule has 0 aliphatic rings. The van der Waals surface area contributed by atoms with Gasteiger partial charge < -0.3 is 20.1 Å². The van der Waals surface area contributed by atoms with E-state index in [0.29, 0.717) is 35.6 Å². The maximum Gasteiger partial charge on any atom is 0.406 e. The van der Waals surface area contributed by atoms with Gasteiger partial charge in [0.25, 0.3) is 0 Å². The topological polar surface area (TPSA) is 82.8 Å². The Balaban J connectivity index is 2.63. The minimum atomic E-state index is -4.43. The molecule has 0 saturated heterocycles. The molecule has 1 aromatic heterocycles. The molecular weight excluding hydrogens is 363 g/mol. The first-order valence-corrected chi connectivity index (χ1v) is 8.98. The number of carbonyl (C=O) groups is 1. The monoisotopic (exact) mass is 391 g/mol. The molecule has 0 bridgehead atoms. The second-order valence-electron chi connectivity index (χ2n) is 6.15. The summed E-state index contributed by atoms with van der Waals surface area (Å²) in [5.41, 5.74) is 0.891. The van der Waals surface area contributed by atoms with E-state index in [0.717, 1.165) is 25.6 Å². The highest BCUT2D eigenvalue weighted by atomic mass is 19.4. The van der Waals surface area contributed by atoms with Crippen LogP contribution in [0.3, 0.4) is 0 Å². The van der Waals surface area contributed by atoms with Crippen molar-refractivity contribution >= 4 is 11.9 Å². The third kappa shape index (κ3) is 8.31. The van der Waals surface area contributed by atoms with Gasteiger partial charge in [0.2, 0.25) is 5.91 Å². The van der Waals surface area contributed by atoms with E-state index in [9.17, 15) is 18.0 Å². The Morgan fingerprint density at radius 1 is 1.30 bits per heavy atom. The second-order valence-corrected chi connectivity index (χ2v) is 6.15. The van der Waals surface area contributed by atoms with Crippen molar-refractivity contribution in [1.82, 2.24) is 20.7 Å². The molecule has 1 rings (SSSR count). The number of halogens is 3. The highest BCUT2D eigenvalue weighted by Crippen LogP contribution is 2.22. The Morgan fingerprint density at radius 3 is 2.52 bits per heavy atom. The number of alkyl halides is 3. The van der Waals surface area contributed by atoms with Crippen LogP contribution in [0.15, 0.2) is 15.6 Å². The lowest BCUT2D eigenvalue weighted by Crippen LogP contribution is -2.40. The van der Waals surface area contributed by atoms with Crippen LogP contribution in [0.2, 0.25) is 0 Å². The molecule has 0 aromatic carbocycles. The van der Waals surface area contributed by atoms with Crippen molar-refractivity contribution in [3.8, 4) is 0 Å². The molecule has 0 aliphatic heterocycles. The average Bonchev–Trinajstić information content (AvgIpc) is 3.05. The molecule has 1 amide bonds. The number of guanidine groups is 1. The zero-order valence-electron chi connectivity index (χ0n) is 16.2. The lowest BCUT2D eigenvalue weighted by molar-refractivity contribution is -0.157. The van der Waals surface area contributed by atoms with E-state index in [1.165, 1.54) is 0 Å². The van der Waals surface area contributed by atoms with E-state index < -0.39 is 25.2 Å². The molecule has 1 aromatic rings. The zero-order chi connectivity index (χ0) is 20.4. The van der Waals surface area contributed by atoms with E-state index in [4.69, 9.17) is 4.52 Å². The zero-order valence-corrected chi connectivity index (χ0v) is 16.2. The number of amides is 1. The van der Waals surface area contributed by atoms with Crippen LogP contribution in [-0.4, -0.2) is 54.8 Å². The van der Waals surface area contributed by atoms with Gasteiger partial charge in [-0.15, -0.1) is 0 Å². The summed E-state index contributed by atoms with van der Waals surface area (Å²) >= 11 is 0. The van der Waals surface area contributed by atoms with Crippen molar-refractivity contribution in [1.29, 1.82) is 0 Å². The maximum atomic E-state index is 12.3. The predicted molar refractivity (Wildman–Crippen MR) is 96.3 cm³/mol. The first-order valence-electron chi connectivity index (χ1n) is 8.98. The number of nitrogens with one attached hydrogen (secondary N) is 2. The van der Waals surface area contributed by atoms with Crippen molar-refractivity contribution in [2.45, 2.75) is 52.3 Å². The maximum absolute atomic E-state index is 12.3. The molecule has 1 heterocycles. The van der Waals surface area contributed by atoms with E-state index >= 15 is 0 Å². The standard InChI is InChI=1S/C17H28F3N5O2/c1-5-12(6-2)14-8-13(27-24-14)9-22-16(21-7-3)23-10-15(26)25(4)11-17(18,19)20/h8,12H,5-7,9-11H2,1-4H3,(H2,21,22,23). The van der Waals surface area contributed by atoms with Gasteiger partial charge in [-0.2, -0.15) is 13.2 Å². The quantitative estimate of drug-likeness (QED) is 0.500. The van der Waals surface area contributed by atoms with Gasteiger partial charge in [-0.1, -0.05) is 19.0 Å². The minimum Gasteiger partial charge on any atom is -0.359 e.